The Bertz CT molecular complexity index is 1260. The van der Waals surface area contributed by atoms with Gasteiger partial charge in [0.15, 0.2) is 5.78 Å². The Hall–Kier alpha value is -3.73. The summed E-state index contributed by atoms with van der Waals surface area (Å²) in [7, 11) is 3.64. The molecule has 180 valence electrons. The number of piperazine rings is 1. The van der Waals surface area contributed by atoms with Crippen molar-refractivity contribution in [2.24, 2.45) is 0 Å². The summed E-state index contributed by atoms with van der Waals surface area (Å²) in [5.74, 6) is 5.30. The summed E-state index contributed by atoms with van der Waals surface area (Å²) in [6, 6.07) is 15.3. The van der Waals surface area contributed by atoms with Crippen molar-refractivity contribution >= 4 is 17.2 Å². The number of nitrogens with zero attached hydrogens (tertiary/aromatic N) is 2. The minimum absolute atomic E-state index is 0.148. The third-order valence-electron chi connectivity index (χ3n) is 5.93. The van der Waals surface area contributed by atoms with E-state index < -0.39 is 11.6 Å². The summed E-state index contributed by atoms with van der Waals surface area (Å²) in [6.07, 6.45) is 0. The van der Waals surface area contributed by atoms with Crippen molar-refractivity contribution in [3.05, 3.63) is 89.0 Å². The van der Waals surface area contributed by atoms with E-state index >= 15 is 0 Å². The summed E-state index contributed by atoms with van der Waals surface area (Å²) in [6.45, 7) is 4.75. The minimum Gasteiger partial charge on any atom is -0.496 e. The third-order valence-corrected chi connectivity index (χ3v) is 5.93. The fourth-order valence-corrected chi connectivity index (χ4v) is 3.83. The van der Waals surface area contributed by atoms with Crippen LogP contribution in [0.2, 0.25) is 0 Å². The molecule has 0 amide bonds. The maximum absolute atomic E-state index is 13.9. The maximum Gasteiger partial charge on any atom is 0.196 e. The van der Waals surface area contributed by atoms with Crippen LogP contribution in [0.25, 0.3) is 0 Å². The molecule has 1 saturated heterocycles. The number of methoxy groups -OCH3 is 1. The smallest absolute Gasteiger partial charge is 0.196 e. The minimum atomic E-state index is -0.694. The molecule has 0 saturated carbocycles. The van der Waals surface area contributed by atoms with E-state index in [1.807, 2.05) is 6.07 Å². The summed E-state index contributed by atoms with van der Waals surface area (Å²) in [5, 5.41) is 2.89. The molecule has 5 nitrogen and oxygen atoms in total. The predicted octanol–water partition coefficient (Wildman–Crippen LogP) is 4.55. The van der Waals surface area contributed by atoms with Gasteiger partial charge in [-0.05, 0) is 61.6 Å². The largest absolute Gasteiger partial charge is 0.496 e. The quantitative estimate of drug-likeness (QED) is 0.419. The van der Waals surface area contributed by atoms with Gasteiger partial charge in [-0.1, -0.05) is 11.8 Å². The van der Waals surface area contributed by atoms with Crippen molar-refractivity contribution in [2.45, 2.75) is 0 Å². The van der Waals surface area contributed by atoms with E-state index in [1.165, 1.54) is 19.2 Å². The van der Waals surface area contributed by atoms with Gasteiger partial charge in [-0.15, -0.1) is 0 Å². The Labute approximate surface area is 204 Å². The molecule has 0 bridgehead atoms. The van der Waals surface area contributed by atoms with Crippen molar-refractivity contribution in [1.82, 2.24) is 9.80 Å². The number of hydrogen-bond acceptors (Lipinski definition) is 5. The van der Waals surface area contributed by atoms with Crippen molar-refractivity contribution in [2.75, 3.05) is 52.2 Å². The molecule has 0 unspecified atom stereocenters. The van der Waals surface area contributed by atoms with Crippen LogP contribution in [0.3, 0.4) is 0 Å². The number of ether oxygens (including phenoxy) is 1. The normalized spacial score (nSPS) is 14.2. The molecule has 3 aromatic carbocycles. The van der Waals surface area contributed by atoms with E-state index in [2.05, 4.69) is 34.0 Å². The lowest BCUT2D eigenvalue weighted by atomic mass is 10.00. The Morgan fingerprint density at radius 3 is 2.43 bits per heavy atom. The van der Waals surface area contributed by atoms with Gasteiger partial charge in [0.1, 0.15) is 17.4 Å². The van der Waals surface area contributed by atoms with Crippen LogP contribution in [0.15, 0.2) is 60.7 Å². The number of likely N-dealkylation sites (N-methyl/N-ethyl adjacent to an activating group) is 1. The van der Waals surface area contributed by atoms with E-state index in [9.17, 15) is 13.6 Å². The van der Waals surface area contributed by atoms with Crippen molar-refractivity contribution < 1.29 is 18.3 Å². The number of anilines is 2. The maximum atomic E-state index is 13.9. The van der Waals surface area contributed by atoms with Gasteiger partial charge in [0.05, 0.1) is 24.9 Å². The molecular weight excluding hydrogens is 448 g/mol. The summed E-state index contributed by atoms with van der Waals surface area (Å²) < 4.78 is 32.4. The SMILES string of the molecule is COc1ccc(C#CCN2CCN(C)CC2)cc1C(=O)c1ccc(Nc2ccc(F)cc2F)cc1. The van der Waals surface area contributed by atoms with Crippen LogP contribution < -0.4 is 10.1 Å². The van der Waals surface area contributed by atoms with E-state index in [-0.39, 0.29) is 11.5 Å². The van der Waals surface area contributed by atoms with Crippen molar-refractivity contribution in [1.29, 1.82) is 0 Å². The summed E-state index contributed by atoms with van der Waals surface area (Å²) in [4.78, 5) is 17.8. The van der Waals surface area contributed by atoms with Gasteiger partial charge in [-0.25, -0.2) is 8.78 Å². The molecule has 0 spiro atoms. The second-order valence-corrected chi connectivity index (χ2v) is 8.45. The lowest BCUT2D eigenvalue weighted by Gasteiger charge is -2.30. The lowest BCUT2D eigenvalue weighted by molar-refractivity contribution is 0.103. The number of nitrogens with one attached hydrogen (secondary N) is 1. The lowest BCUT2D eigenvalue weighted by Crippen LogP contribution is -2.44. The number of ketones is 1. The second-order valence-electron chi connectivity index (χ2n) is 8.45. The topological polar surface area (TPSA) is 44.8 Å². The predicted molar refractivity (Wildman–Crippen MR) is 133 cm³/mol. The highest BCUT2D eigenvalue weighted by molar-refractivity contribution is 6.11. The van der Waals surface area contributed by atoms with Crippen LogP contribution in [0, 0.1) is 23.5 Å². The number of rotatable bonds is 6. The average Bonchev–Trinajstić information content (AvgIpc) is 2.87. The first kappa shape index (κ1) is 24.4. The molecule has 0 radical (unpaired) electrons. The molecule has 1 aliphatic heterocycles. The van der Waals surface area contributed by atoms with Crippen LogP contribution in [0.5, 0.6) is 5.75 Å². The molecule has 0 atom stereocenters. The van der Waals surface area contributed by atoms with Gasteiger partial charge in [0, 0.05) is 49.1 Å². The van der Waals surface area contributed by atoms with Crippen LogP contribution in [-0.2, 0) is 0 Å². The fourth-order valence-electron chi connectivity index (χ4n) is 3.83. The van der Waals surface area contributed by atoms with E-state index in [0.29, 0.717) is 29.1 Å². The van der Waals surface area contributed by atoms with Crippen LogP contribution in [0.1, 0.15) is 21.5 Å². The highest BCUT2D eigenvalue weighted by Gasteiger charge is 2.16. The molecule has 0 aromatic heterocycles. The molecule has 7 heteroatoms. The van der Waals surface area contributed by atoms with Crippen LogP contribution >= 0.6 is 0 Å². The highest BCUT2D eigenvalue weighted by atomic mass is 19.1. The number of halogens is 2. The van der Waals surface area contributed by atoms with Crippen molar-refractivity contribution in [3.63, 3.8) is 0 Å². The van der Waals surface area contributed by atoms with Gasteiger partial charge < -0.3 is 15.0 Å². The first-order chi connectivity index (χ1) is 16.9. The Morgan fingerprint density at radius 2 is 1.74 bits per heavy atom. The van der Waals surface area contributed by atoms with Gasteiger partial charge in [-0.2, -0.15) is 0 Å². The van der Waals surface area contributed by atoms with Gasteiger partial charge in [-0.3, -0.25) is 9.69 Å². The fraction of sp³-hybridized carbons (Fsp3) is 0.250. The van der Waals surface area contributed by atoms with Gasteiger partial charge in [0.2, 0.25) is 0 Å². The molecule has 1 aliphatic rings. The Balaban J connectivity index is 1.47. The number of carbonyl (C=O) groups excluding carboxylic acids is 1. The van der Waals surface area contributed by atoms with E-state index in [4.69, 9.17) is 4.74 Å². The zero-order chi connectivity index (χ0) is 24.8. The molecule has 3 aromatic rings. The molecular formula is C28H27F2N3O2. The van der Waals surface area contributed by atoms with Crippen LogP contribution in [0.4, 0.5) is 20.2 Å². The average molecular weight is 476 g/mol. The second kappa shape index (κ2) is 11.1. The molecule has 0 aliphatic carbocycles. The molecule has 1 fully saturated rings. The van der Waals surface area contributed by atoms with Crippen molar-refractivity contribution in [3.8, 4) is 17.6 Å². The summed E-state index contributed by atoms with van der Waals surface area (Å²) >= 11 is 0. The monoisotopic (exact) mass is 475 g/mol. The zero-order valence-corrected chi connectivity index (χ0v) is 19.8. The van der Waals surface area contributed by atoms with Gasteiger partial charge >= 0.3 is 0 Å². The first-order valence-corrected chi connectivity index (χ1v) is 11.4. The molecule has 1 heterocycles. The van der Waals surface area contributed by atoms with E-state index in [1.54, 1.807) is 36.4 Å². The number of hydrogen-bond donors (Lipinski definition) is 1. The zero-order valence-electron chi connectivity index (χ0n) is 19.8. The molecule has 35 heavy (non-hydrogen) atoms. The highest BCUT2D eigenvalue weighted by Crippen LogP contribution is 2.25. The Kier molecular flexibility index (Phi) is 7.76. The Morgan fingerprint density at radius 1 is 1.00 bits per heavy atom. The molecule has 1 N–H and O–H groups in total. The first-order valence-electron chi connectivity index (χ1n) is 11.4. The standard InChI is InChI=1S/C28H27F2N3O2/c1-32-14-16-33(17-15-32)13-3-4-20-5-12-27(35-2)24(18-20)28(34)21-6-9-23(10-7-21)31-26-11-8-22(29)19-25(26)30/h5-12,18-19,31H,13-17H2,1-2H3. The number of carbonyl (C=O) groups is 1. The van der Waals surface area contributed by atoms with Gasteiger partial charge in [0.25, 0.3) is 0 Å². The van der Waals surface area contributed by atoms with Crippen LogP contribution in [-0.4, -0.2) is 62.5 Å². The summed E-state index contributed by atoms with van der Waals surface area (Å²) in [5.41, 5.74) is 2.34. The third kappa shape index (κ3) is 6.24. The molecule has 4 rings (SSSR count). The number of benzene rings is 3. The van der Waals surface area contributed by atoms with E-state index in [0.717, 1.165) is 37.8 Å².